The predicted molar refractivity (Wildman–Crippen MR) is 65.7 cm³/mol. The summed E-state index contributed by atoms with van der Waals surface area (Å²) in [5, 5.41) is 0. The number of hydrogen-bond donors (Lipinski definition) is 0. The number of carbonyl (C=O) groups is 1. The molecule has 0 radical (unpaired) electrons. The van der Waals surface area contributed by atoms with Crippen molar-refractivity contribution in [2.45, 2.75) is 25.0 Å². The lowest BCUT2D eigenvalue weighted by molar-refractivity contribution is -0.0303. The molecule has 0 aromatic carbocycles. The molecule has 3 heterocycles. The van der Waals surface area contributed by atoms with Gasteiger partial charge in [0.25, 0.3) is 5.91 Å². The van der Waals surface area contributed by atoms with Crippen molar-refractivity contribution in [3.8, 4) is 0 Å². The smallest absolute Gasteiger partial charge is 0.255 e. The number of carbonyl (C=O) groups excluding carboxylic acids is 1. The molecule has 0 saturated carbocycles. The summed E-state index contributed by atoms with van der Waals surface area (Å²) in [4.78, 5) is 18.2. The highest BCUT2D eigenvalue weighted by atomic mass is 79.9. The van der Waals surface area contributed by atoms with E-state index in [-0.39, 0.29) is 18.1 Å². The van der Waals surface area contributed by atoms with Crippen LogP contribution in [0.2, 0.25) is 0 Å². The highest BCUT2D eigenvalue weighted by molar-refractivity contribution is 9.10. The number of fused-ring (bicyclic) bond motifs is 2. The number of morpholine rings is 1. The summed E-state index contributed by atoms with van der Waals surface area (Å²) in [6.07, 6.45) is 5.91. The van der Waals surface area contributed by atoms with Crippen LogP contribution in [0.1, 0.15) is 23.2 Å². The second-order valence-electron chi connectivity index (χ2n) is 4.56. The van der Waals surface area contributed by atoms with E-state index in [1.807, 2.05) is 11.0 Å². The van der Waals surface area contributed by atoms with Gasteiger partial charge in [-0.15, -0.1) is 0 Å². The Balaban J connectivity index is 1.78. The maximum absolute atomic E-state index is 12.3. The average Bonchev–Trinajstić information content (AvgIpc) is 2.67. The third-order valence-electron chi connectivity index (χ3n) is 3.28. The molecule has 0 N–H and O–H groups in total. The Hall–Kier alpha value is -0.940. The first-order valence-electron chi connectivity index (χ1n) is 5.77. The molecule has 2 saturated heterocycles. The molecule has 0 spiro atoms. The van der Waals surface area contributed by atoms with E-state index in [0.717, 1.165) is 17.3 Å². The first-order chi connectivity index (χ1) is 8.22. The first kappa shape index (κ1) is 11.2. The van der Waals surface area contributed by atoms with Crippen molar-refractivity contribution in [1.82, 2.24) is 9.88 Å². The van der Waals surface area contributed by atoms with Crippen molar-refractivity contribution < 1.29 is 9.53 Å². The van der Waals surface area contributed by atoms with E-state index in [1.165, 1.54) is 0 Å². The third kappa shape index (κ3) is 2.21. The largest absolute Gasteiger partial charge is 0.371 e. The zero-order valence-electron chi connectivity index (χ0n) is 9.30. The number of nitrogens with zero attached hydrogens (tertiary/aromatic N) is 2. The maximum atomic E-state index is 12.3. The summed E-state index contributed by atoms with van der Waals surface area (Å²) in [5.74, 6) is 0.0546. The SMILES string of the molecule is O=C(c1cncc(Br)c1)N1CC2CCC(C1)O2. The minimum atomic E-state index is 0.0546. The van der Waals surface area contributed by atoms with Crippen molar-refractivity contribution in [2.75, 3.05) is 13.1 Å². The normalized spacial score (nSPS) is 27.2. The van der Waals surface area contributed by atoms with Gasteiger partial charge in [-0.25, -0.2) is 0 Å². The van der Waals surface area contributed by atoms with Gasteiger partial charge < -0.3 is 9.64 Å². The van der Waals surface area contributed by atoms with Crippen LogP contribution in [-0.2, 0) is 4.74 Å². The van der Waals surface area contributed by atoms with E-state index < -0.39 is 0 Å². The summed E-state index contributed by atoms with van der Waals surface area (Å²) in [7, 11) is 0. The fourth-order valence-electron chi connectivity index (χ4n) is 2.49. The number of rotatable bonds is 1. The van der Waals surface area contributed by atoms with Crippen LogP contribution in [0.4, 0.5) is 0 Å². The summed E-state index contributed by atoms with van der Waals surface area (Å²) in [5.41, 5.74) is 0.640. The second-order valence-corrected chi connectivity index (χ2v) is 5.48. The molecular weight excluding hydrogens is 284 g/mol. The minimum Gasteiger partial charge on any atom is -0.371 e. The van der Waals surface area contributed by atoms with E-state index in [0.29, 0.717) is 18.7 Å². The Kier molecular flexibility index (Phi) is 2.88. The zero-order valence-corrected chi connectivity index (χ0v) is 10.9. The molecule has 2 atom stereocenters. The molecule has 1 aromatic rings. The Morgan fingerprint density at radius 2 is 2.06 bits per heavy atom. The molecule has 90 valence electrons. The number of hydrogen-bond acceptors (Lipinski definition) is 3. The van der Waals surface area contributed by atoms with Gasteiger partial charge in [0.15, 0.2) is 0 Å². The molecule has 2 bridgehead atoms. The number of aromatic nitrogens is 1. The van der Waals surface area contributed by atoms with Gasteiger partial charge in [-0.05, 0) is 34.8 Å². The molecule has 2 aliphatic rings. The summed E-state index contributed by atoms with van der Waals surface area (Å²) in [6.45, 7) is 1.42. The lowest BCUT2D eigenvalue weighted by atomic mass is 10.2. The Bertz CT molecular complexity index is 440. The molecule has 1 aromatic heterocycles. The van der Waals surface area contributed by atoms with Crippen LogP contribution < -0.4 is 0 Å². The fraction of sp³-hybridized carbons (Fsp3) is 0.500. The topological polar surface area (TPSA) is 42.4 Å². The molecular formula is C12H13BrN2O2. The minimum absolute atomic E-state index is 0.0546. The summed E-state index contributed by atoms with van der Waals surface area (Å²) < 4.78 is 6.55. The molecule has 4 nitrogen and oxygen atoms in total. The zero-order chi connectivity index (χ0) is 11.8. The van der Waals surface area contributed by atoms with Crippen molar-refractivity contribution in [1.29, 1.82) is 0 Å². The van der Waals surface area contributed by atoms with Crippen LogP contribution in [0.3, 0.4) is 0 Å². The molecule has 2 aliphatic heterocycles. The Labute approximate surface area is 108 Å². The average molecular weight is 297 g/mol. The number of ether oxygens (including phenoxy) is 1. The molecule has 3 rings (SSSR count). The van der Waals surface area contributed by atoms with Gasteiger partial charge in [-0.2, -0.15) is 0 Å². The standard InChI is InChI=1S/C12H13BrN2O2/c13-9-3-8(4-14-5-9)12(16)15-6-10-1-2-11(7-15)17-10/h3-5,10-11H,1-2,6-7H2. The first-order valence-corrected chi connectivity index (χ1v) is 6.57. The molecule has 2 fully saturated rings. The van der Waals surface area contributed by atoms with Gasteiger partial charge in [-0.3, -0.25) is 9.78 Å². The van der Waals surface area contributed by atoms with Crippen molar-refractivity contribution in [3.63, 3.8) is 0 Å². The molecule has 0 aliphatic carbocycles. The number of halogens is 1. The van der Waals surface area contributed by atoms with Crippen molar-refractivity contribution >= 4 is 21.8 Å². The van der Waals surface area contributed by atoms with Crippen molar-refractivity contribution in [3.05, 3.63) is 28.5 Å². The van der Waals surface area contributed by atoms with Gasteiger partial charge in [0, 0.05) is 30.0 Å². The van der Waals surface area contributed by atoms with Crippen LogP contribution in [0.15, 0.2) is 22.9 Å². The Morgan fingerprint density at radius 1 is 1.35 bits per heavy atom. The van der Waals surface area contributed by atoms with E-state index in [1.54, 1.807) is 12.4 Å². The Morgan fingerprint density at radius 3 is 2.71 bits per heavy atom. The van der Waals surface area contributed by atoms with Gasteiger partial charge >= 0.3 is 0 Å². The van der Waals surface area contributed by atoms with E-state index >= 15 is 0 Å². The monoisotopic (exact) mass is 296 g/mol. The molecule has 2 unspecified atom stereocenters. The van der Waals surface area contributed by atoms with Gasteiger partial charge in [0.1, 0.15) is 0 Å². The van der Waals surface area contributed by atoms with Crippen LogP contribution in [0.25, 0.3) is 0 Å². The second kappa shape index (κ2) is 4.38. The quantitative estimate of drug-likeness (QED) is 0.794. The van der Waals surface area contributed by atoms with Gasteiger partial charge in [0.2, 0.25) is 0 Å². The maximum Gasteiger partial charge on any atom is 0.255 e. The summed E-state index contributed by atoms with van der Waals surface area (Å²) >= 11 is 3.33. The van der Waals surface area contributed by atoms with E-state index in [4.69, 9.17) is 4.74 Å². The highest BCUT2D eigenvalue weighted by Gasteiger charge is 2.35. The lowest BCUT2D eigenvalue weighted by Crippen LogP contribution is -2.45. The van der Waals surface area contributed by atoms with Crippen LogP contribution >= 0.6 is 15.9 Å². The molecule has 17 heavy (non-hydrogen) atoms. The number of pyridine rings is 1. The molecule has 1 amide bonds. The van der Waals surface area contributed by atoms with Crippen molar-refractivity contribution in [2.24, 2.45) is 0 Å². The fourth-order valence-corrected chi connectivity index (χ4v) is 2.86. The van der Waals surface area contributed by atoms with Gasteiger partial charge in [-0.1, -0.05) is 0 Å². The third-order valence-corrected chi connectivity index (χ3v) is 3.72. The highest BCUT2D eigenvalue weighted by Crippen LogP contribution is 2.27. The van der Waals surface area contributed by atoms with E-state index in [2.05, 4.69) is 20.9 Å². The summed E-state index contributed by atoms with van der Waals surface area (Å²) in [6, 6.07) is 1.81. The predicted octanol–water partition coefficient (Wildman–Crippen LogP) is 1.85. The number of likely N-dealkylation sites (tertiary alicyclic amines) is 1. The van der Waals surface area contributed by atoms with Crippen LogP contribution in [0, 0.1) is 0 Å². The van der Waals surface area contributed by atoms with Gasteiger partial charge in [0.05, 0.1) is 17.8 Å². The molecule has 5 heteroatoms. The van der Waals surface area contributed by atoms with E-state index in [9.17, 15) is 4.79 Å². The van der Waals surface area contributed by atoms with Crippen LogP contribution in [0.5, 0.6) is 0 Å². The van der Waals surface area contributed by atoms with Crippen LogP contribution in [-0.4, -0.2) is 41.1 Å². The number of amides is 1. The lowest BCUT2D eigenvalue weighted by Gasteiger charge is -2.32.